The van der Waals surface area contributed by atoms with E-state index in [1.807, 2.05) is 0 Å². The van der Waals surface area contributed by atoms with Crippen molar-refractivity contribution in [2.75, 3.05) is 26.9 Å². The first kappa shape index (κ1) is 13.4. The normalized spacial score (nSPS) is 18.6. The first-order valence-electron chi connectivity index (χ1n) is 6.71. The van der Waals surface area contributed by atoms with Gasteiger partial charge in [-0.25, -0.2) is 0 Å². The van der Waals surface area contributed by atoms with Crippen molar-refractivity contribution in [1.82, 2.24) is 0 Å². The van der Waals surface area contributed by atoms with Crippen LogP contribution in [-0.4, -0.2) is 26.9 Å². The lowest BCUT2D eigenvalue weighted by atomic mass is 9.73. The maximum absolute atomic E-state index is 6.07. The van der Waals surface area contributed by atoms with Gasteiger partial charge in [0.2, 0.25) is 0 Å². The quantitative estimate of drug-likeness (QED) is 0.890. The van der Waals surface area contributed by atoms with Gasteiger partial charge in [0.1, 0.15) is 5.75 Å². The third-order valence-corrected chi connectivity index (χ3v) is 4.08. The number of methoxy groups -OCH3 is 1. The Morgan fingerprint density at radius 3 is 2.61 bits per heavy atom. The van der Waals surface area contributed by atoms with Gasteiger partial charge in [-0.15, -0.1) is 0 Å². The highest BCUT2D eigenvalue weighted by Gasteiger charge is 2.35. The zero-order valence-electron chi connectivity index (χ0n) is 11.4. The molecule has 0 aromatic heterocycles. The van der Waals surface area contributed by atoms with E-state index < -0.39 is 0 Å². The maximum atomic E-state index is 6.07. The zero-order chi connectivity index (χ0) is 13.0. The molecule has 2 rings (SSSR count). The van der Waals surface area contributed by atoms with Gasteiger partial charge in [-0.2, -0.15) is 0 Å². The Bertz CT molecular complexity index is 397. The average Bonchev–Trinajstić information content (AvgIpc) is 2.47. The first-order valence-corrected chi connectivity index (χ1v) is 6.71. The smallest absolute Gasteiger partial charge is 0.122 e. The van der Waals surface area contributed by atoms with Crippen LogP contribution < -0.4 is 10.5 Å². The van der Waals surface area contributed by atoms with E-state index in [2.05, 4.69) is 25.1 Å². The Balaban J connectivity index is 2.44. The van der Waals surface area contributed by atoms with E-state index in [9.17, 15) is 0 Å². The number of ether oxygens (including phenoxy) is 2. The molecule has 0 atom stereocenters. The van der Waals surface area contributed by atoms with E-state index in [1.54, 1.807) is 7.11 Å². The van der Waals surface area contributed by atoms with Crippen molar-refractivity contribution in [3.05, 3.63) is 29.3 Å². The second kappa shape index (κ2) is 5.72. The highest BCUT2D eigenvalue weighted by Crippen LogP contribution is 2.39. The summed E-state index contributed by atoms with van der Waals surface area (Å²) in [6, 6.07) is 6.46. The van der Waals surface area contributed by atoms with E-state index >= 15 is 0 Å². The summed E-state index contributed by atoms with van der Waals surface area (Å²) in [5, 5.41) is 0. The van der Waals surface area contributed by atoms with Gasteiger partial charge in [-0.05, 0) is 30.9 Å². The average molecular weight is 249 g/mol. The van der Waals surface area contributed by atoms with Crippen molar-refractivity contribution < 1.29 is 9.47 Å². The number of aryl methyl sites for hydroxylation is 1. The van der Waals surface area contributed by atoms with Gasteiger partial charge >= 0.3 is 0 Å². The molecule has 0 saturated carbocycles. The molecule has 1 heterocycles. The van der Waals surface area contributed by atoms with Gasteiger partial charge < -0.3 is 15.2 Å². The zero-order valence-corrected chi connectivity index (χ0v) is 11.4. The van der Waals surface area contributed by atoms with Crippen LogP contribution in [-0.2, 0) is 16.6 Å². The summed E-state index contributed by atoms with van der Waals surface area (Å²) in [6.45, 7) is 4.40. The molecule has 2 N–H and O–H groups in total. The van der Waals surface area contributed by atoms with Crippen LogP contribution in [0.5, 0.6) is 5.75 Å². The van der Waals surface area contributed by atoms with Gasteiger partial charge in [0.05, 0.1) is 7.11 Å². The third kappa shape index (κ3) is 2.38. The fourth-order valence-electron chi connectivity index (χ4n) is 2.74. The monoisotopic (exact) mass is 249 g/mol. The van der Waals surface area contributed by atoms with Gasteiger partial charge in [0, 0.05) is 30.7 Å². The van der Waals surface area contributed by atoms with Crippen molar-refractivity contribution >= 4 is 0 Å². The molecular weight excluding hydrogens is 226 g/mol. The van der Waals surface area contributed by atoms with Crippen molar-refractivity contribution in [2.45, 2.75) is 31.6 Å². The second-order valence-electron chi connectivity index (χ2n) is 4.99. The van der Waals surface area contributed by atoms with Crippen molar-refractivity contribution in [3.8, 4) is 5.75 Å². The van der Waals surface area contributed by atoms with Crippen LogP contribution in [0.15, 0.2) is 18.2 Å². The lowest BCUT2D eigenvalue weighted by Gasteiger charge is -2.37. The molecule has 0 amide bonds. The molecule has 18 heavy (non-hydrogen) atoms. The Kier molecular flexibility index (Phi) is 4.25. The third-order valence-electron chi connectivity index (χ3n) is 4.08. The molecule has 3 nitrogen and oxygen atoms in total. The van der Waals surface area contributed by atoms with Crippen LogP contribution in [0.3, 0.4) is 0 Å². The minimum Gasteiger partial charge on any atom is -0.496 e. The number of benzene rings is 1. The molecule has 0 bridgehead atoms. The fraction of sp³-hybridized carbons (Fsp3) is 0.600. The molecular formula is C15H23NO2. The Morgan fingerprint density at radius 1 is 1.33 bits per heavy atom. The largest absolute Gasteiger partial charge is 0.496 e. The van der Waals surface area contributed by atoms with Crippen LogP contribution in [0.1, 0.15) is 30.9 Å². The van der Waals surface area contributed by atoms with E-state index in [-0.39, 0.29) is 5.41 Å². The summed E-state index contributed by atoms with van der Waals surface area (Å²) in [4.78, 5) is 0. The predicted molar refractivity (Wildman–Crippen MR) is 73.2 cm³/mol. The highest BCUT2D eigenvalue weighted by atomic mass is 16.5. The fourth-order valence-corrected chi connectivity index (χ4v) is 2.74. The second-order valence-corrected chi connectivity index (χ2v) is 4.99. The summed E-state index contributed by atoms with van der Waals surface area (Å²) >= 11 is 0. The van der Waals surface area contributed by atoms with Crippen molar-refractivity contribution in [2.24, 2.45) is 5.73 Å². The van der Waals surface area contributed by atoms with Crippen LogP contribution in [0.2, 0.25) is 0 Å². The van der Waals surface area contributed by atoms with E-state index in [1.165, 1.54) is 11.1 Å². The Morgan fingerprint density at radius 2 is 2.06 bits per heavy atom. The van der Waals surface area contributed by atoms with Crippen molar-refractivity contribution in [3.63, 3.8) is 0 Å². The molecule has 1 aliphatic rings. The van der Waals surface area contributed by atoms with Crippen LogP contribution in [0.4, 0.5) is 0 Å². The first-order chi connectivity index (χ1) is 8.75. The van der Waals surface area contributed by atoms with Crippen LogP contribution in [0, 0.1) is 0 Å². The molecule has 100 valence electrons. The van der Waals surface area contributed by atoms with Gasteiger partial charge in [0.15, 0.2) is 0 Å². The standard InChI is InChI=1S/C15H23NO2/c1-3-12-4-5-14(17-2)13(10-12)15(11-16)6-8-18-9-7-15/h4-5,10H,3,6-9,11,16H2,1-2H3. The highest BCUT2D eigenvalue weighted by molar-refractivity contribution is 5.43. The lowest BCUT2D eigenvalue weighted by molar-refractivity contribution is 0.0521. The lowest BCUT2D eigenvalue weighted by Crippen LogP contribution is -2.41. The maximum Gasteiger partial charge on any atom is 0.122 e. The topological polar surface area (TPSA) is 44.5 Å². The molecule has 0 spiro atoms. The Hall–Kier alpha value is -1.06. The summed E-state index contributed by atoms with van der Waals surface area (Å²) in [7, 11) is 1.73. The van der Waals surface area contributed by atoms with E-state index in [4.69, 9.17) is 15.2 Å². The number of hydrogen-bond donors (Lipinski definition) is 1. The van der Waals surface area contributed by atoms with Crippen molar-refractivity contribution in [1.29, 1.82) is 0 Å². The SMILES string of the molecule is CCc1ccc(OC)c(C2(CN)CCOCC2)c1. The van der Waals surface area contributed by atoms with E-state index in [0.717, 1.165) is 38.2 Å². The number of hydrogen-bond acceptors (Lipinski definition) is 3. The Labute approximate surface area is 109 Å². The van der Waals surface area contributed by atoms with Gasteiger partial charge in [-0.3, -0.25) is 0 Å². The molecule has 0 radical (unpaired) electrons. The minimum atomic E-state index is 0.0226. The predicted octanol–water partition coefficient (Wildman–Crippen LogP) is 2.26. The van der Waals surface area contributed by atoms with Crippen LogP contribution in [0.25, 0.3) is 0 Å². The number of rotatable bonds is 4. The molecule has 1 saturated heterocycles. The van der Waals surface area contributed by atoms with Crippen LogP contribution >= 0.6 is 0 Å². The van der Waals surface area contributed by atoms with Gasteiger partial charge in [-0.1, -0.05) is 19.1 Å². The summed E-state index contributed by atoms with van der Waals surface area (Å²) < 4.78 is 11.0. The molecule has 1 aromatic carbocycles. The summed E-state index contributed by atoms with van der Waals surface area (Å²) in [5.41, 5.74) is 8.69. The van der Waals surface area contributed by atoms with Gasteiger partial charge in [0.25, 0.3) is 0 Å². The summed E-state index contributed by atoms with van der Waals surface area (Å²) in [6.07, 6.45) is 2.99. The number of nitrogens with two attached hydrogens (primary N) is 1. The molecule has 3 heteroatoms. The minimum absolute atomic E-state index is 0.0226. The molecule has 1 aromatic rings. The molecule has 0 aliphatic carbocycles. The summed E-state index contributed by atoms with van der Waals surface area (Å²) in [5.74, 6) is 0.958. The molecule has 0 unspecified atom stereocenters. The molecule has 1 fully saturated rings. The van der Waals surface area contributed by atoms with E-state index in [0.29, 0.717) is 6.54 Å². The molecule has 1 aliphatic heterocycles.